The normalized spacial score (nSPS) is 37.0. The molecule has 1 saturated heterocycles. The smallest absolute Gasteiger partial charge is 0.0550 e. The van der Waals surface area contributed by atoms with Gasteiger partial charge in [0.15, 0.2) is 0 Å². The van der Waals surface area contributed by atoms with Gasteiger partial charge in [0.2, 0.25) is 0 Å². The lowest BCUT2D eigenvalue weighted by Crippen LogP contribution is -2.49. The second kappa shape index (κ2) is 8.51. The lowest BCUT2D eigenvalue weighted by molar-refractivity contribution is 0.196. The van der Waals surface area contributed by atoms with Crippen LogP contribution in [0.25, 0.3) is 0 Å². The molecule has 3 rings (SSSR count). The molecule has 4 unspecified atom stereocenters. The lowest BCUT2D eigenvalue weighted by Gasteiger charge is -2.37. The number of aliphatic imine (C=N–C) groups is 1. The Labute approximate surface area is 159 Å². The van der Waals surface area contributed by atoms with Crippen LogP contribution in [0.2, 0.25) is 0 Å². The van der Waals surface area contributed by atoms with Gasteiger partial charge in [-0.2, -0.15) is 5.10 Å². The molecule has 0 aromatic carbocycles. The van der Waals surface area contributed by atoms with Crippen molar-refractivity contribution in [1.29, 1.82) is 0 Å². The number of aromatic nitrogens is 1. The van der Waals surface area contributed by atoms with Crippen molar-refractivity contribution in [3.63, 3.8) is 0 Å². The maximum Gasteiger partial charge on any atom is 0.0550 e. The molecular formula is C22H36N4. The average molecular weight is 357 g/mol. The first-order valence-electron chi connectivity index (χ1n) is 10.4. The van der Waals surface area contributed by atoms with Crippen molar-refractivity contribution in [3.05, 3.63) is 24.5 Å². The summed E-state index contributed by atoms with van der Waals surface area (Å²) >= 11 is 0. The van der Waals surface area contributed by atoms with Crippen LogP contribution in [0.1, 0.15) is 66.7 Å². The summed E-state index contributed by atoms with van der Waals surface area (Å²) in [5, 5.41) is 8.53. The lowest BCUT2D eigenvalue weighted by atomic mass is 9.74. The van der Waals surface area contributed by atoms with Gasteiger partial charge in [-0.25, -0.2) is 4.68 Å². The molecule has 1 aromatic heterocycles. The Kier molecular flexibility index (Phi) is 6.33. The fourth-order valence-corrected chi connectivity index (χ4v) is 5.02. The van der Waals surface area contributed by atoms with E-state index in [2.05, 4.69) is 39.9 Å². The molecule has 0 radical (unpaired) electrons. The van der Waals surface area contributed by atoms with E-state index in [1.54, 1.807) is 0 Å². The molecule has 2 fully saturated rings. The molecule has 1 aromatic rings. The fourth-order valence-electron chi connectivity index (χ4n) is 5.02. The minimum absolute atomic E-state index is 0.350. The van der Waals surface area contributed by atoms with Crippen molar-refractivity contribution in [2.24, 2.45) is 27.8 Å². The van der Waals surface area contributed by atoms with Crippen LogP contribution in [0.5, 0.6) is 0 Å². The van der Waals surface area contributed by atoms with E-state index in [1.165, 1.54) is 31.4 Å². The Morgan fingerprint density at radius 3 is 2.12 bits per heavy atom. The number of piperidine rings is 1. The number of nitrogens with one attached hydrogen (secondary N) is 1. The van der Waals surface area contributed by atoms with Gasteiger partial charge >= 0.3 is 0 Å². The van der Waals surface area contributed by atoms with Crippen LogP contribution in [0.3, 0.4) is 0 Å². The van der Waals surface area contributed by atoms with Crippen molar-refractivity contribution < 1.29 is 0 Å². The summed E-state index contributed by atoms with van der Waals surface area (Å²) in [7, 11) is 0. The zero-order chi connectivity index (χ0) is 18.7. The Morgan fingerprint density at radius 1 is 0.923 bits per heavy atom. The molecule has 0 spiro atoms. The van der Waals surface area contributed by atoms with E-state index in [9.17, 15) is 0 Å². The van der Waals surface area contributed by atoms with E-state index < -0.39 is 0 Å². The van der Waals surface area contributed by atoms with Crippen molar-refractivity contribution in [2.75, 3.05) is 0 Å². The van der Waals surface area contributed by atoms with E-state index in [0.29, 0.717) is 30.0 Å². The summed E-state index contributed by atoms with van der Waals surface area (Å²) in [4.78, 5) is 5.23. The highest BCUT2D eigenvalue weighted by molar-refractivity contribution is 5.91. The first kappa shape index (κ1) is 19.3. The number of hydrogen-bond donors (Lipinski definition) is 1. The van der Waals surface area contributed by atoms with Gasteiger partial charge in [0.1, 0.15) is 0 Å². The second-order valence-corrected chi connectivity index (χ2v) is 8.80. The molecule has 144 valence electrons. The predicted molar refractivity (Wildman–Crippen MR) is 111 cm³/mol. The molecule has 26 heavy (non-hydrogen) atoms. The van der Waals surface area contributed by atoms with E-state index >= 15 is 0 Å². The molecule has 1 N–H and O–H groups in total. The van der Waals surface area contributed by atoms with Gasteiger partial charge in [-0.3, -0.25) is 4.99 Å². The number of hydrogen-bond acceptors (Lipinski definition) is 3. The average Bonchev–Trinajstić information content (AvgIpc) is 3.11. The standard InChI is InChI=1S/C22H36N4/c1-15-13-16(2)22(17(3)14-15)23-18(4)20-9-8-10-21(24-20)19(5)25-26-11-6-7-12-26/h6-7,11-12,15-17,20-22,24H,8-10,13-14H2,1-5H3/b23-18?,25-19+. The Morgan fingerprint density at radius 2 is 1.50 bits per heavy atom. The zero-order valence-corrected chi connectivity index (χ0v) is 17.2. The largest absolute Gasteiger partial charge is 0.301 e. The molecule has 2 heterocycles. The summed E-state index contributed by atoms with van der Waals surface area (Å²) in [6.45, 7) is 11.5. The molecule has 0 bridgehead atoms. The van der Waals surface area contributed by atoms with Crippen molar-refractivity contribution in [2.45, 2.75) is 84.8 Å². The van der Waals surface area contributed by atoms with Crippen molar-refractivity contribution >= 4 is 11.4 Å². The SMILES string of the molecule is CC(=NC1C(C)CC(C)CC1C)C1CCCC(/C(C)=N/n2cccc2)N1. The molecule has 2 aliphatic rings. The predicted octanol–water partition coefficient (Wildman–Crippen LogP) is 4.75. The molecule has 1 aliphatic heterocycles. The molecule has 0 amide bonds. The number of rotatable bonds is 4. The molecule has 1 aliphatic carbocycles. The molecule has 1 saturated carbocycles. The highest BCUT2D eigenvalue weighted by atomic mass is 15.3. The Balaban J connectivity index is 1.66. The van der Waals surface area contributed by atoms with Crippen LogP contribution in [0.15, 0.2) is 34.6 Å². The quantitative estimate of drug-likeness (QED) is 0.777. The summed E-state index contributed by atoms with van der Waals surface area (Å²) in [5.41, 5.74) is 2.45. The van der Waals surface area contributed by atoms with Crippen molar-refractivity contribution in [1.82, 2.24) is 9.99 Å². The first-order chi connectivity index (χ1) is 12.4. The van der Waals surface area contributed by atoms with Gasteiger partial charge < -0.3 is 5.32 Å². The van der Waals surface area contributed by atoms with Gasteiger partial charge in [0.25, 0.3) is 0 Å². The molecular weight excluding hydrogens is 320 g/mol. The topological polar surface area (TPSA) is 41.7 Å². The van der Waals surface area contributed by atoms with E-state index in [-0.39, 0.29) is 0 Å². The second-order valence-electron chi connectivity index (χ2n) is 8.80. The minimum Gasteiger partial charge on any atom is -0.301 e. The summed E-state index contributed by atoms with van der Waals surface area (Å²) in [6.07, 6.45) is 10.2. The maximum atomic E-state index is 5.23. The Hall–Kier alpha value is -1.42. The fraction of sp³-hybridized carbons (Fsp3) is 0.727. The summed E-state index contributed by atoms with van der Waals surface area (Å²) in [6, 6.07) is 5.25. The third kappa shape index (κ3) is 4.64. The summed E-state index contributed by atoms with van der Waals surface area (Å²) < 4.78 is 1.90. The highest BCUT2D eigenvalue weighted by Gasteiger charge is 2.32. The third-order valence-corrected chi connectivity index (χ3v) is 6.33. The van der Waals surface area contributed by atoms with Crippen LogP contribution in [0.4, 0.5) is 0 Å². The van der Waals surface area contributed by atoms with Gasteiger partial charge in [-0.05, 0) is 75.8 Å². The molecule has 4 atom stereocenters. The van der Waals surface area contributed by atoms with Crippen LogP contribution in [-0.2, 0) is 0 Å². The Bertz CT molecular complexity index is 619. The van der Waals surface area contributed by atoms with Crippen LogP contribution < -0.4 is 5.32 Å². The van der Waals surface area contributed by atoms with Gasteiger partial charge in [-0.15, -0.1) is 0 Å². The summed E-state index contributed by atoms with van der Waals surface area (Å²) in [5.74, 6) is 2.23. The maximum absolute atomic E-state index is 5.23. The number of nitrogens with zero attached hydrogens (tertiary/aromatic N) is 3. The highest BCUT2D eigenvalue weighted by Crippen LogP contribution is 2.35. The first-order valence-corrected chi connectivity index (χ1v) is 10.4. The van der Waals surface area contributed by atoms with Crippen LogP contribution in [0, 0.1) is 17.8 Å². The molecule has 4 nitrogen and oxygen atoms in total. The van der Waals surface area contributed by atoms with Gasteiger partial charge in [0, 0.05) is 30.2 Å². The van der Waals surface area contributed by atoms with Gasteiger partial charge in [-0.1, -0.05) is 20.8 Å². The van der Waals surface area contributed by atoms with E-state index in [4.69, 9.17) is 10.1 Å². The third-order valence-electron chi connectivity index (χ3n) is 6.33. The zero-order valence-electron chi connectivity index (χ0n) is 17.2. The van der Waals surface area contributed by atoms with Gasteiger partial charge in [0.05, 0.1) is 11.8 Å². The monoisotopic (exact) mass is 356 g/mol. The van der Waals surface area contributed by atoms with E-state index in [0.717, 1.165) is 18.1 Å². The molecule has 4 heteroatoms. The van der Waals surface area contributed by atoms with Crippen LogP contribution in [-0.4, -0.2) is 34.2 Å². The van der Waals surface area contributed by atoms with Crippen molar-refractivity contribution in [3.8, 4) is 0 Å². The van der Waals surface area contributed by atoms with Crippen LogP contribution >= 0.6 is 0 Å². The minimum atomic E-state index is 0.350. The van der Waals surface area contributed by atoms with E-state index in [1.807, 2.05) is 29.2 Å².